The van der Waals surface area contributed by atoms with Crippen LogP contribution in [0.1, 0.15) is 0 Å². The van der Waals surface area contributed by atoms with E-state index in [1.165, 1.54) is 27.1 Å². The maximum absolute atomic E-state index is 6.45. The van der Waals surface area contributed by atoms with Crippen LogP contribution in [0.2, 0.25) is 0 Å². The largest absolute Gasteiger partial charge is 0.456 e. The smallest absolute Gasteiger partial charge is 0.164 e. The topological polar surface area (TPSA) is 65.0 Å². The van der Waals surface area contributed by atoms with E-state index in [4.69, 9.17) is 23.8 Å². The van der Waals surface area contributed by atoms with Gasteiger partial charge in [0.15, 0.2) is 17.5 Å². The molecular formula is C53H31N3O2. The number of hydrogen-bond donors (Lipinski definition) is 0. The van der Waals surface area contributed by atoms with E-state index < -0.39 is 0 Å². The number of fused-ring (bicyclic) bond motifs is 9. The van der Waals surface area contributed by atoms with Crippen molar-refractivity contribution < 1.29 is 8.83 Å². The van der Waals surface area contributed by atoms with Crippen molar-refractivity contribution in [3.8, 4) is 56.4 Å². The van der Waals surface area contributed by atoms with Gasteiger partial charge in [-0.15, -0.1) is 0 Å². The fraction of sp³-hybridized carbons (Fsp3) is 0. The van der Waals surface area contributed by atoms with Gasteiger partial charge in [-0.2, -0.15) is 0 Å². The fourth-order valence-corrected chi connectivity index (χ4v) is 8.54. The van der Waals surface area contributed by atoms with E-state index in [2.05, 4.69) is 127 Å². The molecule has 0 N–H and O–H groups in total. The van der Waals surface area contributed by atoms with E-state index >= 15 is 0 Å². The molecule has 0 aliphatic rings. The Morgan fingerprint density at radius 1 is 0.276 bits per heavy atom. The van der Waals surface area contributed by atoms with Gasteiger partial charge in [0, 0.05) is 38.2 Å². The van der Waals surface area contributed by atoms with Crippen molar-refractivity contribution in [2.75, 3.05) is 0 Å². The number of nitrogens with zero attached hydrogens (tertiary/aromatic N) is 3. The lowest BCUT2D eigenvalue weighted by molar-refractivity contribution is 0.668. The number of hydrogen-bond acceptors (Lipinski definition) is 5. The Balaban J connectivity index is 0.961. The number of para-hydroxylation sites is 1. The van der Waals surface area contributed by atoms with Crippen LogP contribution >= 0.6 is 0 Å². The Morgan fingerprint density at radius 2 is 0.810 bits per heavy atom. The van der Waals surface area contributed by atoms with Crippen LogP contribution in [0, 0.1) is 0 Å². The summed E-state index contributed by atoms with van der Waals surface area (Å²) in [5, 5.41) is 9.20. The normalized spacial score (nSPS) is 11.8. The van der Waals surface area contributed by atoms with Crippen LogP contribution < -0.4 is 0 Å². The molecule has 12 aromatic rings. The second kappa shape index (κ2) is 12.8. The van der Waals surface area contributed by atoms with Gasteiger partial charge in [-0.25, -0.2) is 15.0 Å². The molecular weight excluding hydrogens is 711 g/mol. The minimum atomic E-state index is 0.593. The van der Waals surface area contributed by atoms with E-state index in [1.54, 1.807) is 0 Å². The predicted molar refractivity (Wildman–Crippen MR) is 237 cm³/mol. The monoisotopic (exact) mass is 741 g/mol. The number of aromatic nitrogens is 3. The van der Waals surface area contributed by atoms with Crippen LogP contribution in [-0.4, -0.2) is 15.0 Å². The van der Waals surface area contributed by atoms with Crippen LogP contribution in [0.25, 0.3) is 122 Å². The molecule has 0 aliphatic heterocycles. The van der Waals surface area contributed by atoms with E-state index in [0.29, 0.717) is 17.5 Å². The first-order valence-corrected chi connectivity index (χ1v) is 19.4. The van der Waals surface area contributed by atoms with Crippen LogP contribution in [0.3, 0.4) is 0 Å². The number of rotatable bonds is 5. The van der Waals surface area contributed by atoms with Gasteiger partial charge in [-0.3, -0.25) is 0 Å². The molecule has 5 heteroatoms. The molecule has 12 rings (SSSR count). The van der Waals surface area contributed by atoms with Crippen molar-refractivity contribution >= 4 is 65.4 Å². The Bertz CT molecular complexity index is 3570. The Kier molecular flexibility index (Phi) is 7.16. The van der Waals surface area contributed by atoms with Crippen molar-refractivity contribution in [3.63, 3.8) is 0 Å². The first-order valence-electron chi connectivity index (χ1n) is 19.4. The molecule has 3 aromatic heterocycles. The summed E-state index contributed by atoms with van der Waals surface area (Å²) in [4.78, 5) is 15.2. The third kappa shape index (κ3) is 5.21. The van der Waals surface area contributed by atoms with Gasteiger partial charge in [0.05, 0.1) is 0 Å². The van der Waals surface area contributed by atoms with Gasteiger partial charge < -0.3 is 8.83 Å². The SMILES string of the molecule is c1ccc(-c2nc(-c3ccc(-c4cccc5oc6ccc(-c7ccc8c(ccc9ccccc98)c7)cc6c45)cc3)nc(-c3cccc4oc5ccccc5c34)n2)cc1. The molecule has 0 saturated heterocycles. The lowest BCUT2D eigenvalue weighted by Crippen LogP contribution is -2.00. The van der Waals surface area contributed by atoms with E-state index in [1.807, 2.05) is 60.7 Å². The highest BCUT2D eigenvalue weighted by atomic mass is 16.3. The zero-order valence-corrected chi connectivity index (χ0v) is 31.1. The van der Waals surface area contributed by atoms with Gasteiger partial charge in [-0.05, 0) is 80.2 Å². The van der Waals surface area contributed by atoms with Gasteiger partial charge in [-0.1, -0.05) is 152 Å². The highest BCUT2D eigenvalue weighted by Crippen LogP contribution is 2.40. The maximum atomic E-state index is 6.45. The van der Waals surface area contributed by atoms with Gasteiger partial charge >= 0.3 is 0 Å². The Labute approximate surface area is 332 Å². The number of benzene rings is 9. The molecule has 0 amide bonds. The van der Waals surface area contributed by atoms with Crippen molar-refractivity contribution in [1.29, 1.82) is 0 Å². The summed E-state index contributed by atoms with van der Waals surface area (Å²) in [7, 11) is 0. The molecule has 0 bridgehead atoms. The first kappa shape index (κ1) is 32.4. The standard InChI is InChI=1S/C53H31N3O2/c1-2-11-34(12-3-1)51-54-52(56-53(55-51)43-16-9-19-48-50(43)42-14-6-7-17-45(42)57-48)35-23-20-33(21-24-35)41-15-8-18-47-49(41)44-31-37(27-29-46(44)58-47)36-26-28-40-38(30-36)25-22-32-10-4-5-13-39(32)40/h1-31H. The summed E-state index contributed by atoms with van der Waals surface area (Å²) in [6, 6.07) is 65.3. The van der Waals surface area contributed by atoms with E-state index in [-0.39, 0.29) is 0 Å². The molecule has 0 radical (unpaired) electrons. The molecule has 0 saturated carbocycles. The van der Waals surface area contributed by atoms with Crippen molar-refractivity contribution in [3.05, 3.63) is 188 Å². The Hall–Kier alpha value is -7.89. The van der Waals surface area contributed by atoms with Crippen LogP contribution in [-0.2, 0) is 0 Å². The summed E-state index contributed by atoms with van der Waals surface area (Å²) in [6.07, 6.45) is 0. The van der Waals surface area contributed by atoms with Crippen molar-refractivity contribution in [2.24, 2.45) is 0 Å². The quantitative estimate of drug-likeness (QED) is 0.164. The van der Waals surface area contributed by atoms with Gasteiger partial charge in [0.1, 0.15) is 22.3 Å². The summed E-state index contributed by atoms with van der Waals surface area (Å²) >= 11 is 0. The maximum Gasteiger partial charge on any atom is 0.164 e. The zero-order valence-electron chi connectivity index (χ0n) is 31.1. The lowest BCUT2D eigenvalue weighted by Gasteiger charge is -2.10. The third-order valence-corrected chi connectivity index (χ3v) is 11.3. The lowest BCUT2D eigenvalue weighted by atomic mass is 9.95. The minimum Gasteiger partial charge on any atom is -0.456 e. The summed E-state index contributed by atoms with van der Waals surface area (Å²) in [5.74, 6) is 1.80. The second-order valence-corrected chi connectivity index (χ2v) is 14.7. The molecule has 0 fully saturated rings. The fourth-order valence-electron chi connectivity index (χ4n) is 8.54. The molecule has 5 nitrogen and oxygen atoms in total. The van der Waals surface area contributed by atoms with E-state index in [0.717, 1.165) is 77.3 Å². The molecule has 9 aromatic carbocycles. The van der Waals surface area contributed by atoms with Gasteiger partial charge in [0.2, 0.25) is 0 Å². The average Bonchev–Trinajstić information content (AvgIpc) is 3.87. The molecule has 0 aliphatic carbocycles. The third-order valence-electron chi connectivity index (χ3n) is 11.3. The highest BCUT2D eigenvalue weighted by Gasteiger charge is 2.19. The first-order chi connectivity index (χ1) is 28.7. The molecule has 0 unspecified atom stereocenters. The molecule has 270 valence electrons. The second-order valence-electron chi connectivity index (χ2n) is 14.7. The highest BCUT2D eigenvalue weighted by molar-refractivity contribution is 6.14. The van der Waals surface area contributed by atoms with Crippen LogP contribution in [0.15, 0.2) is 197 Å². The molecule has 0 spiro atoms. The molecule has 58 heavy (non-hydrogen) atoms. The van der Waals surface area contributed by atoms with Crippen LogP contribution in [0.5, 0.6) is 0 Å². The number of furan rings is 2. The summed E-state index contributed by atoms with van der Waals surface area (Å²) in [6.45, 7) is 0. The van der Waals surface area contributed by atoms with Crippen molar-refractivity contribution in [1.82, 2.24) is 15.0 Å². The molecule has 0 atom stereocenters. The molecule has 3 heterocycles. The minimum absolute atomic E-state index is 0.593. The summed E-state index contributed by atoms with van der Waals surface area (Å²) in [5.41, 5.74) is 10.6. The summed E-state index contributed by atoms with van der Waals surface area (Å²) < 4.78 is 12.7. The predicted octanol–water partition coefficient (Wildman–Crippen LogP) is 14.3. The Morgan fingerprint density at radius 3 is 1.62 bits per heavy atom. The zero-order chi connectivity index (χ0) is 38.2. The average molecular weight is 742 g/mol. The van der Waals surface area contributed by atoms with E-state index in [9.17, 15) is 0 Å². The van der Waals surface area contributed by atoms with Crippen molar-refractivity contribution in [2.45, 2.75) is 0 Å². The van der Waals surface area contributed by atoms with Crippen LogP contribution in [0.4, 0.5) is 0 Å². The van der Waals surface area contributed by atoms with Gasteiger partial charge in [0.25, 0.3) is 0 Å².